The van der Waals surface area contributed by atoms with Crippen LogP contribution < -0.4 is 10.1 Å². The Morgan fingerprint density at radius 3 is 2.86 bits per heavy atom. The molecular formula is C16H16BrNO3. The van der Waals surface area contributed by atoms with Crippen LogP contribution in [0.2, 0.25) is 0 Å². The van der Waals surface area contributed by atoms with E-state index in [-0.39, 0.29) is 17.7 Å². The molecule has 110 valence electrons. The van der Waals surface area contributed by atoms with Gasteiger partial charge in [-0.25, -0.2) is 0 Å². The molecule has 1 aromatic carbocycles. The predicted octanol–water partition coefficient (Wildman–Crippen LogP) is 3.34. The number of hydrogen-bond donors (Lipinski definition) is 1. The van der Waals surface area contributed by atoms with Gasteiger partial charge in [-0.05, 0) is 42.8 Å². The van der Waals surface area contributed by atoms with Crippen LogP contribution in [-0.2, 0) is 4.79 Å². The Labute approximate surface area is 131 Å². The van der Waals surface area contributed by atoms with Crippen molar-refractivity contribution in [1.29, 1.82) is 0 Å². The second-order valence-electron chi connectivity index (χ2n) is 5.06. The molecular weight excluding hydrogens is 334 g/mol. The monoisotopic (exact) mass is 349 g/mol. The molecule has 4 nitrogen and oxygen atoms in total. The van der Waals surface area contributed by atoms with Crippen molar-refractivity contribution in [1.82, 2.24) is 5.32 Å². The fourth-order valence-electron chi connectivity index (χ4n) is 2.31. The molecule has 1 aliphatic carbocycles. The van der Waals surface area contributed by atoms with Crippen molar-refractivity contribution in [2.75, 3.05) is 13.2 Å². The zero-order valence-electron chi connectivity index (χ0n) is 11.4. The summed E-state index contributed by atoms with van der Waals surface area (Å²) in [6.07, 6.45) is 2.52. The number of nitrogens with one attached hydrogen (secondary N) is 1. The van der Waals surface area contributed by atoms with Gasteiger partial charge in [-0.15, -0.1) is 0 Å². The number of rotatable bonds is 6. The van der Waals surface area contributed by atoms with E-state index in [2.05, 4.69) is 21.2 Å². The first-order valence-electron chi connectivity index (χ1n) is 6.93. The summed E-state index contributed by atoms with van der Waals surface area (Å²) in [6, 6.07) is 11.4. The van der Waals surface area contributed by atoms with E-state index in [4.69, 9.17) is 9.15 Å². The smallest absolute Gasteiger partial charge is 0.223 e. The molecule has 0 aliphatic heterocycles. The summed E-state index contributed by atoms with van der Waals surface area (Å²) >= 11 is 3.37. The fourth-order valence-corrected chi connectivity index (χ4v) is 2.57. The molecule has 2 atom stereocenters. The SMILES string of the molecule is O=C(NCCOc1ccc(Br)cc1)C1CC1c1ccco1. The van der Waals surface area contributed by atoms with E-state index in [1.54, 1.807) is 6.26 Å². The van der Waals surface area contributed by atoms with Crippen LogP contribution in [0.3, 0.4) is 0 Å². The molecule has 1 heterocycles. The van der Waals surface area contributed by atoms with Crippen LogP contribution in [0, 0.1) is 5.92 Å². The van der Waals surface area contributed by atoms with Gasteiger partial charge < -0.3 is 14.5 Å². The minimum atomic E-state index is 0.0452. The molecule has 21 heavy (non-hydrogen) atoms. The van der Waals surface area contributed by atoms with Crippen molar-refractivity contribution < 1.29 is 13.9 Å². The summed E-state index contributed by atoms with van der Waals surface area (Å²) in [5.74, 6) is 2.07. The molecule has 0 spiro atoms. The normalized spacial score (nSPS) is 20.0. The quantitative estimate of drug-likeness (QED) is 0.813. The summed E-state index contributed by atoms with van der Waals surface area (Å²) in [5, 5.41) is 2.90. The van der Waals surface area contributed by atoms with Gasteiger partial charge in [0.25, 0.3) is 0 Å². The first kappa shape index (κ1) is 14.2. The van der Waals surface area contributed by atoms with Crippen molar-refractivity contribution in [3.05, 3.63) is 52.9 Å². The molecule has 1 amide bonds. The van der Waals surface area contributed by atoms with Gasteiger partial charge in [-0.3, -0.25) is 4.79 Å². The number of furan rings is 1. The number of benzene rings is 1. The molecule has 0 radical (unpaired) electrons. The summed E-state index contributed by atoms with van der Waals surface area (Å²) < 4.78 is 11.9. The lowest BCUT2D eigenvalue weighted by molar-refractivity contribution is -0.122. The Morgan fingerprint density at radius 2 is 2.14 bits per heavy atom. The standard InChI is InChI=1S/C16H16BrNO3/c17-11-3-5-12(6-4-11)20-9-7-18-16(19)14-10-13(14)15-2-1-8-21-15/h1-6,8,13-14H,7,9-10H2,(H,18,19). The Morgan fingerprint density at radius 1 is 1.33 bits per heavy atom. The Bertz CT molecular complexity index is 594. The largest absolute Gasteiger partial charge is 0.492 e. The maximum absolute atomic E-state index is 12.0. The highest BCUT2D eigenvalue weighted by molar-refractivity contribution is 9.10. The summed E-state index contributed by atoms with van der Waals surface area (Å²) in [6.45, 7) is 0.974. The molecule has 1 aliphatic rings. The maximum Gasteiger partial charge on any atom is 0.223 e. The molecule has 5 heteroatoms. The zero-order chi connectivity index (χ0) is 14.7. The summed E-state index contributed by atoms with van der Waals surface area (Å²) in [5.41, 5.74) is 0. The number of amides is 1. The van der Waals surface area contributed by atoms with Gasteiger partial charge >= 0.3 is 0 Å². The lowest BCUT2D eigenvalue weighted by Gasteiger charge is -2.07. The second kappa shape index (κ2) is 6.35. The third-order valence-corrected chi connectivity index (χ3v) is 4.05. The molecule has 3 rings (SSSR count). The first-order valence-corrected chi connectivity index (χ1v) is 7.73. The second-order valence-corrected chi connectivity index (χ2v) is 5.97. The number of carbonyl (C=O) groups is 1. The molecule has 1 N–H and O–H groups in total. The van der Waals surface area contributed by atoms with Crippen LogP contribution >= 0.6 is 15.9 Å². The molecule has 1 aromatic heterocycles. The van der Waals surface area contributed by atoms with E-state index in [1.807, 2.05) is 36.4 Å². The highest BCUT2D eigenvalue weighted by atomic mass is 79.9. The number of halogens is 1. The van der Waals surface area contributed by atoms with Crippen LogP contribution in [0.1, 0.15) is 18.1 Å². The van der Waals surface area contributed by atoms with E-state index in [9.17, 15) is 4.79 Å². The van der Waals surface area contributed by atoms with Crippen molar-refractivity contribution in [2.24, 2.45) is 5.92 Å². The minimum Gasteiger partial charge on any atom is -0.492 e. The average Bonchev–Trinajstić information content (AvgIpc) is 3.11. The molecule has 1 saturated carbocycles. The maximum atomic E-state index is 12.0. The topological polar surface area (TPSA) is 51.5 Å². The van der Waals surface area contributed by atoms with Crippen LogP contribution in [0.15, 0.2) is 51.6 Å². The Kier molecular flexibility index (Phi) is 4.29. The van der Waals surface area contributed by atoms with Crippen LogP contribution in [0.4, 0.5) is 0 Å². The van der Waals surface area contributed by atoms with Gasteiger partial charge in [0, 0.05) is 16.3 Å². The van der Waals surface area contributed by atoms with Crippen molar-refractivity contribution >= 4 is 21.8 Å². The van der Waals surface area contributed by atoms with Crippen LogP contribution in [0.25, 0.3) is 0 Å². The molecule has 2 aromatic rings. The first-order chi connectivity index (χ1) is 10.2. The minimum absolute atomic E-state index is 0.0452. The lowest BCUT2D eigenvalue weighted by Crippen LogP contribution is -2.29. The van der Waals surface area contributed by atoms with Gasteiger partial charge in [-0.2, -0.15) is 0 Å². The van der Waals surface area contributed by atoms with E-state index in [1.165, 1.54) is 0 Å². The number of carbonyl (C=O) groups excluding carboxylic acids is 1. The van der Waals surface area contributed by atoms with E-state index in [0.717, 1.165) is 22.4 Å². The summed E-state index contributed by atoms with van der Waals surface area (Å²) in [4.78, 5) is 12.0. The van der Waals surface area contributed by atoms with Crippen LogP contribution in [-0.4, -0.2) is 19.1 Å². The lowest BCUT2D eigenvalue weighted by atomic mass is 10.2. The van der Waals surface area contributed by atoms with Crippen molar-refractivity contribution in [3.8, 4) is 5.75 Å². The van der Waals surface area contributed by atoms with Gasteiger partial charge in [0.2, 0.25) is 5.91 Å². The molecule has 0 saturated heterocycles. The number of hydrogen-bond acceptors (Lipinski definition) is 3. The number of ether oxygens (including phenoxy) is 1. The molecule has 0 bridgehead atoms. The fraction of sp³-hybridized carbons (Fsp3) is 0.312. The van der Waals surface area contributed by atoms with Crippen LogP contribution in [0.5, 0.6) is 5.75 Å². The van der Waals surface area contributed by atoms with Crippen molar-refractivity contribution in [3.63, 3.8) is 0 Å². The van der Waals surface area contributed by atoms with Crippen molar-refractivity contribution in [2.45, 2.75) is 12.3 Å². The highest BCUT2D eigenvalue weighted by Gasteiger charge is 2.45. The third kappa shape index (κ3) is 3.67. The zero-order valence-corrected chi connectivity index (χ0v) is 13.0. The van der Waals surface area contributed by atoms with Gasteiger partial charge in [0.15, 0.2) is 0 Å². The van der Waals surface area contributed by atoms with E-state index >= 15 is 0 Å². The third-order valence-electron chi connectivity index (χ3n) is 3.52. The van der Waals surface area contributed by atoms with Gasteiger partial charge in [0.1, 0.15) is 18.1 Å². The summed E-state index contributed by atoms with van der Waals surface area (Å²) in [7, 11) is 0. The highest BCUT2D eigenvalue weighted by Crippen LogP contribution is 2.47. The molecule has 1 fully saturated rings. The molecule has 2 unspecified atom stereocenters. The Hall–Kier alpha value is -1.75. The van der Waals surface area contributed by atoms with E-state index in [0.29, 0.717) is 13.2 Å². The predicted molar refractivity (Wildman–Crippen MR) is 82.2 cm³/mol. The Balaban J connectivity index is 1.36. The van der Waals surface area contributed by atoms with Gasteiger partial charge in [-0.1, -0.05) is 15.9 Å². The average molecular weight is 350 g/mol. The van der Waals surface area contributed by atoms with E-state index < -0.39 is 0 Å². The van der Waals surface area contributed by atoms with Gasteiger partial charge in [0.05, 0.1) is 12.8 Å².